The van der Waals surface area contributed by atoms with Crippen molar-refractivity contribution in [1.29, 1.82) is 0 Å². The third-order valence-corrected chi connectivity index (χ3v) is 13.7. The summed E-state index contributed by atoms with van der Waals surface area (Å²) >= 11 is 1.79. The molecular weight excluding hydrogens is 787 g/mol. The van der Waals surface area contributed by atoms with Crippen LogP contribution < -0.4 is 0 Å². The van der Waals surface area contributed by atoms with Gasteiger partial charge in [0.05, 0.1) is 16.6 Å². The molecule has 5 nitrogen and oxygen atoms in total. The van der Waals surface area contributed by atoms with Gasteiger partial charge in [-0.25, -0.2) is 15.0 Å². The second-order valence-electron chi connectivity index (χ2n) is 16.3. The third kappa shape index (κ3) is 6.17. The molecule has 300 valence electrons. The third-order valence-electron chi connectivity index (χ3n) is 12.5. The fourth-order valence-electron chi connectivity index (χ4n) is 9.62. The number of nitrogens with zero attached hydrogens (tertiary/aromatic N) is 5. The highest BCUT2D eigenvalue weighted by Crippen LogP contribution is 2.44. The molecule has 11 aromatic rings. The molecule has 4 heterocycles. The molecule has 1 aliphatic rings. The fourth-order valence-corrected chi connectivity index (χ4v) is 10.8. The van der Waals surface area contributed by atoms with Crippen molar-refractivity contribution in [3.8, 4) is 51.0 Å². The Morgan fingerprint density at radius 1 is 0.540 bits per heavy atom. The SMILES string of the molecule is C/C=C\c1c(C)n(C2=CC=CCC2)c2cc3c(cc12)c1ccccc1n3-c1cccc(-c2cc(-c3nc(-c4ccccc4)nc(-c4ccccc4)n3)c3sc4ccccc4c3c2)c1. The lowest BCUT2D eigenvalue weighted by Crippen LogP contribution is -2.01. The fraction of sp³-hybridized carbons (Fsp3) is 0.0702. The number of aromatic nitrogens is 5. The first-order valence-corrected chi connectivity index (χ1v) is 22.4. The smallest absolute Gasteiger partial charge is 0.165 e. The standard InChI is InChI=1S/C57H41N5S/c1-3-18-43-36(2)61(41-24-11-6-12-25-41)51-35-52-47(34-46(43)51)44-27-13-15-29-50(44)62(52)42-26-17-23-39(31-42)40-32-48-45-28-14-16-30-53(45)63-54(48)49(33-40)57-59-55(37-19-7-4-8-20-37)58-56(60-57)38-21-9-5-10-22-38/h3-11,13-24,26-35H,12,25H2,1-2H3/b18-3-. The van der Waals surface area contributed by atoms with Gasteiger partial charge in [-0.15, -0.1) is 11.3 Å². The molecule has 0 atom stereocenters. The Morgan fingerprint density at radius 2 is 1.22 bits per heavy atom. The molecule has 0 amide bonds. The van der Waals surface area contributed by atoms with E-state index in [0.29, 0.717) is 17.5 Å². The maximum Gasteiger partial charge on any atom is 0.165 e. The Labute approximate surface area is 369 Å². The summed E-state index contributed by atoms with van der Waals surface area (Å²) < 4.78 is 7.33. The largest absolute Gasteiger partial charge is 0.317 e. The Balaban J connectivity index is 1.09. The van der Waals surface area contributed by atoms with Crippen molar-refractivity contribution in [2.75, 3.05) is 0 Å². The van der Waals surface area contributed by atoms with Crippen LogP contribution in [0.2, 0.25) is 0 Å². The molecule has 0 aliphatic heterocycles. The summed E-state index contributed by atoms with van der Waals surface area (Å²) in [7, 11) is 0. The Bertz CT molecular complexity index is 3640. The van der Waals surface area contributed by atoms with E-state index < -0.39 is 0 Å². The van der Waals surface area contributed by atoms with Gasteiger partial charge in [0.15, 0.2) is 17.5 Å². The van der Waals surface area contributed by atoms with Crippen LogP contribution in [0.4, 0.5) is 0 Å². The lowest BCUT2D eigenvalue weighted by Gasteiger charge is -2.15. The minimum Gasteiger partial charge on any atom is -0.317 e. The van der Waals surface area contributed by atoms with Crippen molar-refractivity contribution in [1.82, 2.24) is 24.1 Å². The molecule has 12 rings (SSSR count). The molecule has 0 bridgehead atoms. The minimum absolute atomic E-state index is 0.650. The van der Waals surface area contributed by atoms with E-state index in [9.17, 15) is 0 Å². The lowest BCUT2D eigenvalue weighted by molar-refractivity contribution is 0.940. The summed E-state index contributed by atoms with van der Waals surface area (Å²) in [6, 6.07) is 56.5. The number of allylic oxidation sites excluding steroid dienone is 5. The van der Waals surface area contributed by atoms with Crippen LogP contribution in [-0.4, -0.2) is 24.1 Å². The second kappa shape index (κ2) is 15.0. The van der Waals surface area contributed by atoms with Crippen molar-refractivity contribution in [2.24, 2.45) is 0 Å². The van der Waals surface area contributed by atoms with Gasteiger partial charge in [-0.1, -0.05) is 133 Å². The monoisotopic (exact) mass is 827 g/mol. The number of rotatable bonds is 7. The molecule has 0 fully saturated rings. The Kier molecular flexibility index (Phi) is 8.87. The maximum absolute atomic E-state index is 5.23. The van der Waals surface area contributed by atoms with Gasteiger partial charge in [-0.3, -0.25) is 0 Å². The Morgan fingerprint density at radius 3 is 1.97 bits per heavy atom. The molecule has 1 aliphatic carbocycles. The molecule has 4 aromatic heterocycles. The van der Waals surface area contributed by atoms with Gasteiger partial charge in [0.1, 0.15) is 0 Å². The normalized spacial score (nSPS) is 13.1. The molecule has 0 saturated carbocycles. The first-order valence-electron chi connectivity index (χ1n) is 21.6. The van der Waals surface area contributed by atoms with Crippen LogP contribution >= 0.6 is 11.3 Å². The first kappa shape index (κ1) is 37.1. The first-order chi connectivity index (χ1) is 31.1. The van der Waals surface area contributed by atoms with Crippen LogP contribution in [0.3, 0.4) is 0 Å². The number of thiophene rings is 1. The lowest BCUT2D eigenvalue weighted by atomic mass is 9.98. The number of para-hydroxylation sites is 1. The molecule has 0 saturated heterocycles. The molecule has 0 N–H and O–H groups in total. The zero-order valence-corrected chi connectivity index (χ0v) is 35.8. The van der Waals surface area contributed by atoms with Gasteiger partial charge in [-0.2, -0.15) is 0 Å². The van der Waals surface area contributed by atoms with E-state index in [1.807, 2.05) is 36.4 Å². The topological polar surface area (TPSA) is 48.5 Å². The number of hydrogen-bond acceptors (Lipinski definition) is 4. The van der Waals surface area contributed by atoms with Crippen molar-refractivity contribution in [2.45, 2.75) is 26.7 Å². The molecular formula is C57H41N5S. The Hall–Kier alpha value is -7.67. The quantitative estimate of drug-likeness (QED) is 0.161. The van der Waals surface area contributed by atoms with E-state index in [4.69, 9.17) is 15.0 Å². The second-order valence-corrected chi connectivity index (χ2v) is 17.3. The number of hydrogen-bond donors (Lipinski definition) is 0. The highest BCUT2D eigenvalue weighted by molar-refractivity contribution is 7.26. The van der Waals surface area contributed by atoms with Crippen molar-refractivity contribution >= 4 is 76.0 Å². The summed E-state index contributed by atoms with van der Waals surface area (Å²) in [4.78, 5) is 15.5. The summed E-state index contributed by atoms with van der Waals surface area (Å²) in [5.74, 6) is 1.96. The van der Waals surface area contributed by atoms with E-state index >= 15 is 0 Å². The summed E-state index contributed by atoms with van der Waals surface area (Å²) in [6.45, 7) is 4.37. The van der Waals surface area contributed by atoms with Crippen LogP contribution in [0.5, 0.6) is 0 Å². The highest BCUT2D eigenvalue weighted by atomic mass is 32.1. The summed E-state index contributed by atoms with van der Waals surface area (Å²) in [5, 5.41) is 6.18. The van der Waals surface area contributed by atoms with Gasteiger partial charge >= 0.3 is 0 Å². The van der Waals surface area contributed by atoms with Gasteiger partial charge < -0.3 is 9.13 Å². The maximum atomic E-state index is 5.23. The van der Waals surface area contributed by atoms with Gasteiger partial charge in [-0.05, 0) is 92.4 Å². The predicted molar refractivity (Wildman–Crippen MR) is 266 cm³/mol. The van der Waals surface area contributed by atoms with Crippen LogP contribution in [0.15, 0.2) is 182 Å². The van der Waals surface area contributed by atoms with Gasteiger partial charge in [0.25, 0.3) is 0 Å². The van der Waals surface area contributed by atoms with Gasteiger partial charge in [0, 0.05) is 75.7 Å². The highest BCUT2D eigenvalue weighted by Gasteiger charge is 2.22. The van der Waals surface area contributed by atoms with Crippen molar-refractivity contribution < 1.29 is 0 Å². The van der Waals surface area contributed by atoms with Gasteiger partial charge in [0.2, 0.25) is 0 Å². The summed E-state index contributed by atoms with van der Waals surface area (Å²) in [5.41, 5.74) is 13.7. The van der Waals surface area contributed by atoms with Crippen LogP contribution in [0.25, 0.3) is 116 Å². The van der Waals surface area contributed by atoms with E-state index in [1.54, 1.807) is 11.3 Å². The zero-order valence-electron chi connectivity index (χ0n) is 35.0. The molecule has 0 unspecified atom stereocenters. The van der Waals surface area contributed by atoms with E-state index in [2.05, 4.69) is 175 Å². The van der Waals surface area contributed by atoms with Crippen LogP contribution in [-0.2, 0) is 0 Å². The minimum atomic E-state index is 0.650. The molecule has 6 heteroatoms. The average Bonchev–Trinajstić information content (AvgIpc) is 3.97. The predicted octanol–water partition coefficient (Wildman–Crippen LogP) is 15.5. The number of fused-ring (bicyclic) bond motifs is 7. The van der Waals surface area contributed by atoms with E-state index in [0.717, 1.165) is 51.0 Å². The zero-order chi connectivity index (χ0) is 42.0. The average molecular weight is 828 g/mol. The van der Waals surface area contributed by atoms with Crippen LogP contribution in [0.1, 0.15) is 31.0 Å². The number of benzene rings is 7. The molecule has 7 aromatic carbocycles. The van der Waals surface area contributed by atoms with Crippen LogP contribution in [0, 0.1) is 6.92 Å². The van der Waals surface area contributed by atoms with Crippen molar-refractivity contribution in [3.05, 3.63) is 193 Å². The van der Waals surface area contributed by atoms with Crippen molar-refractivity contribution in [3.63, 3.8) is 0 Å². The van der Waals surface area contributed by atoms with E-state index in [-0.39, 0.29) is 0 Å². The molecule has 0 spiro atoms. The summed E-state index contributed by atoms with van der Waals surface area (Å²) in [6.07, 6.45) is 13.2. The van der Waals surface area contributed by atoms with E-state index in [1.165, 1.54) is 65.1 Å². The molecule has 63 heavy (non-hydrogen) atoms. The molecule has 0 radical (unpaired) electrons.